The third-order valence-electron chi connectivity index (χ3n) is 2.37. The first-order chi connectivity index (χ1) is 8.51. The summed E-state index contributed by atoms with van der Waals surface area (Å²) in [6, 6.07) is 6.35. The highest BCUT2D eigenvalue weighted by molar-refractivity contribution is 7.89. The summed E-state index contributed by atoms with van der Waals surface area (Å²) in [6.45, 7) is 0.139. The largest absolute Gasteiger partial charge is 0.468 e. The van der Waals surface area contributed by atoms with Crippen LogP contribution in [0.2, 0.25) is 5.15 Å². The van der Waals surface area contributed by atoms with E-state index in [1.165, 1.54) is 31.6 Å². The molecule has 0 N–H and O–H groups in total. The summed E-state index contributed by atoms with van der Waals surface area (Å²) in [4.78, 5) is 3.75. The molecule has 0 atom stereocenters. The van der Waals surface area contributed by atoms with Crippen molar-refractivity contribution in [2.45, 2.75) is 11.4 Å². The van der Waals surface area contributed by atoms with Crippen LogP contribution < -0.4 is 0 Å². The molecule has 5 nitrogen and oxygen atoms in total. The maximum atomic E-state index is 12.2. The minimum atomic E-state index is -3.67. The number of pyridine rings is 1. The molecular formula is C11H11ClN2O3S. The molecule has 2 aromatic heterocycles. The first kappa shape index (κ1) is 13.1. The number of hydrogen-bond acceptors (Lipinski definition) is 4. The van der Waals surface area contributed by atoms with Crippen molar-refractivity contribution in [3.05, 3.63) is 47.6 Å². The maximum absolute atomic E-state index is 12.2. The smallest absolute Gasteiger partial charge is 0.246 e. The van der Waals surface area contributed by atoms with Gasteiger partial charge in [0.05, 0.1) is 12.8 Å². The Labute approximate surface area is 110 Å². The van der Waals surface area contributed by atoms with Gasteiger partial charge in [-0.05, 0) is 24.3 Å². The molecule has 0 fully saturated rings. The molecule has 96 valence electrons. The van der Waals surface area contributed by atoms with E-state index in [9.17, 15) is 8.42 Å². The van der Waals surface area contributed by atoms with Crippen molar-refractivity contribution in [2.75, 3.05) is 7.05 Å². The van der Waals surface area contributed by atoms with Gasteiger partial charge in [0.1, 0.15) is 15.8 Å². The average Bonchev–Trinajstić information content (AvgIpc) is 2.82. The van der Waals surface area contributed by atoms with Crippen LogP contribution in [-0.4, -0.2) is 24.8 Å². The van der Waals surface area contributed by atoms with Gasteiger partial charge in [-0.2, -0.15) is 4.31 Å². The van der Waals surface area contributed by atoms with Crippen molar-refractivity contribution in [3.8, 4) is 0 Å². The Balaban J connectivity index is 2.29. The molecule has 0 aromatic carbocycles. The second-order valence-corrected chi connectivity index (χ2v) is 6.00. The van der Waals surface area contributed by atoms with Crippen molar-refractivity contribution in [1.29, 1.82) is 0 Å². The number of furan rings is 1. The third-order valence-corrected chi connectivity index (χ3v) is 4.62. The summed E-state index contributed by atoms with van der Waals surface area (Å²) in [5.41, 5.74) is 0. The molecular weight excluding hydrogens is 276 g/mol. The Bertz CT molecular complexity index is 625. The van der Waals surface area contributed by atoms with Crippen molar-refractivity contribution in [1.82, 2.24) is 9.29 Å². The lowest BCUT2D eigenvalue weighted by Crippen LogP contribution is -2.26. The standard InChI is InChI=1S/C11H11ClN2O3S/c1-14(8-9-4-3-7-17-9)18(15,16)10-5-2-6-13-11(10)12/h2-7H,8H2,1H3. The fourth-order valence-corrected chi connectivity index (χ4v) is 3.00. The van der Waals surface area contributed by atoms with Gasteiger partial charge in [0.15, 0.2) is 0 Å². The van der Waals surface area contributed by atoms with Gasteiger partial charge in [-0.1, -0.05) is 11.6 Å². The molecule has 0 spiro atoms. The molecule has 2 aromatic rings. The molecule has 7 heteroatoms. The van der Waals surface area contributed by atoms with Crippen LogP contribution in [0.25, 0.3) is 0 Å². The van der Waals surface area contributed by atoms with E-state index < -0.39 is 10.0 Å². The van der Waals surface area contributed by atoms with Gasteiger partial charge in [-0.25, -0.2) is 13.4 Å². The Kier molecular flexibility index (Phi) is 3.70. The third kappa shape index (κ3) is 2.55. The van der Waals surface area contributed by atoms with Crippen molar-refractivity contribution < 1.29 is 12.8 Å². The molecule has 18 heavy (non-hydrogen) atoms. The molecule has 0 amide bonds. The van der Waals surface area contributed by atoms with Gasteiger partial charge in [0, 0.05) is 13.2 Å². The summed E-state index contributed by atoms with van der Waals surface area (Å²) in [5.74, 6) is 0.557. The van der Waals surface area contributed by atoms with Crippen molar-refractivity contribution >= 4 is 21.6 Å². The molecule has 0 saturated carbocycles. The van der Waals surface area contributed by atoms with E-state index in [0.717, 1.165) is 4.31 Å². The van der Waals surface area contributed by atoms with Gasteiger partial charge in [-0.3, -0.25) is 0 Å². The zero-order valence-corrected chi connectivity index (χ0v) is 11.1. The van der Waals surface area contributed by atoms with E-state index in [1.807, 2.05) is 0 Å². The lowest BCUT2D eigenvalue weighted by molar-refractivity contribution is 0.406. The summed E-state index contributed by atoms with van der Waals surface area (Å²) >= 11 is 5.79. The Morgan fingerprint density at radius 2 is 2.17 bits per heavy atom. The van der Waals surface area contributed by atoms with E-state index >= 15 is 0 Å². The molecule has 0 aliphatic carbocycles. The normalized spacial score (nSPS) is 11.9. The van der Waals surface area contributed by atoms with Crippen molar-refractivity contribution in [2.24, 2.45) is 0 Å². The van der Waals surface area contributed by atoms with Gasteiger partial charge < -0.3 is 4.42 Å². The molecule has 0 aliphatic heterocycles. The number of aromatic nitrogens is 1. The minimum Gasteiger partial charge on any atom is -0.468 e. The highest BCUT2D eigenvalue weighted by Gasteiger charge is 2.24. The zero-order valence-electron chi connectivity index (χ0n) is 9.58. The first-order valence-electron chi connectivity index (χ1n) is 5.11. The van der Waals surface area contributed by atoms with Crippen LogP contribution >= 0.6 is 11.6 Å². The maximum Gasteiger partial charge on any atom is 0.246 e. The Morgan fingerprint density at radius 1 is 1.39 bits per heavy atom. The number of halogens is 1. The van der Waals surface area contributed by atoms with Crippen LogP contribution in [0.15, 0.2) is 46.0 Å². The van der Waals surface area contributed by atoms with Crippen LogP contribution in [0.4, 0.5) is 0 Å². The molecule has 0 radical (unpaired) electrons. The van der Waals surface area contributed by atoms with Crippen LogP contribution in [0.3, 0.4) is 0 Å². The number of rotatable bonds is 4. The summed E-state index contributed by atoms with van der Waals surface area (Å²) in [6.07, 6.45) is 2.93. The fourth-order valence-electron chi connectivity index (χ4n) is 1.44. The molecule has 0 bridgehead atoms. The lowest BCUT2D eigenvalue weighted by atomic mass is 10.4. The molecule has 0 aliphatic rings. The zero-order chi connectivity index (χ0) is 13.2. The fraction of sp³-hybridized carbons (Fsp3) is 0.182. The second kappa shape index (κ2) is 5.09. The van der Waals surface area contributed by atoms with Crippen LogP contribution in [-0.2, 0) is 16.6 Å². The Hall–Kier alpha value is -1.37. The van der Waals surface area contributed by atoms with E-state index in [0.29, 0.717) is 5.76 Å². The molecule has 2 rings (SSSR count). The van der Waals surface area contributed by atoms with E-state index in [-0.39, 0.29) is 16.6 Å². The van der Waals surface area contributed by atoms with Gasteiger partial charge >= 0.3 is 0 Å². The average molecular weight is 287 g/mol. The molecule has 0 saturated heterocycles. The van der Waals surface area contributed by atoms with Gasteiger partial charge in [-0.15, -0.1) is 0 Å². The molecule has 2 heterocycles. The van der Waals surface area contributed by atoms with Crippen molar-refractivity contribution in [3.63, 3.8) is 0 Å². The highest BCUT2D eigenvalue weighted by atomic mass is 35.5. The quantitative estimate of drug-likeness (QED) is 0.808. The predicted octanol–water partition coefficient (Wildman–Crippen LogP) is 2.15. The van der Waals surface area contributed by atoms with E-state index in [1.54, 1.807) is 12.1 Å². The van der Waals surface area contributed by atoms with Gasteiger partial charge in [0.2, 0.25) is 10.0 Å². The first-order valence-corrected chi connectivity index (χ1v) is 6.93. The summed E-state index contributed by atoms with van der Waals surface area (Å²) in [5, 5.41) is -0.0382. The minimum absolute atomic E-state index is 0.0132. The number of sulfonamides is 1. The SMILES string of the molecule is CN(Cc1ccco1)S(=O)(=O)c1cccnc1Cl. The lowest BCUT2D eigenvalue weighted by Gasteiger charge is -2.16. The summed E-state index contributed by atoms with van der Waals surface area (Å²) in [7, 11) is -2.21. The van der Waals surface area contributed by atoms with Gasteiger partial charge in [0.25, 0.3) is 0 Å². The predicted molar refractivity (Wildman–Crippen MR) is 66.6 cm³/mol. The number of hydrogen-bond donors (Lipinski definition) is 0. The molecule has 0 unspecified atom stereocenters. The highest BCUT2D eigenvalue weighted by Crippen LogP contribution is 2.22. The van der Waals surface area contributed by atoms with Crippen LogP contribution in [0.5, 0.6) is 0 Å². The van der Waals surface area contributed by atoms with E-state index in [2.05, 4.69) is 4.98 Å². The Morgan fingerprint density at radius 3 is 2.78 bits per heavy atom. The van der Waals surface area contributed by atoms with Crippen LogP contribution in [0, 0.1) is 0 Å². The van der Waals surface area contributed by atoms with E-state index in [4.69, 9.17) is 16.0 Å². The summed E-state index contributed by atoms with van der Waals surface area (Å²) < 4.78 is 30.8. The number of nitrogens with zero attached hydrogens (tertiary/aromatic N) is 2. The monoisotopic (exact) mass is 286 g/mol. The topological polar surface area (TPSA) is 63.4 Å². The van der Waals surface area contributed by atoms with Crippen LogP contribution in [0.1, 0.15) is 5.76 Å². The second-order valence-electron chi connectivity index (χ2n) is 3.63.